The van der Waals surface area contributed by atoms with Gasteiger partial charge in [0.05, 0.1) is 12.2 Å². The van der Waals surface area contributed by atoms with Gasteiger partial charge in [-0.3, -0.25) is 0 Å². The molecule has 0 unspecified atom stereocenters. The zero-order chi connectivity index (χ0) is 6.27. The van der Waals surface area contributed by atoms with E-state index in [-0.39, 0.29) is 0 Å². The summed E-state index contributed by atoms with van der Waals surface area (Å²) in [7, 11) is 0. The highest BCUT2D eigenvalue weighted by molar-refractivity contribution is 9.09. The molecule has 2 heteroatoms. The molecule has 1 nitrogen and oxygen atoms in total. The van der Waals surface area contributed by atoms with Crippen molar-refractivity contribution in [1.29, 1.82) is 0 Å². The van der Waals surface area contributed by atoms with Gasteiger partial charge in [-0.25, -0.2) is 0 Å². The van der Waals surface area contributed by atoms with Crippen LogP contribution in [0, 0.1) is 5.92 Å². The maximum Gasteiger partial charge on any atom is 0.0616 e. The van der Waals surface area contributed by atoms with E-state index in [1.807, 2.05) is 0 Å². The van der Waals surface area contributed by atoms with Crippen molar-refractivity contribution in [2.45, 2.75) is 31.5 Å². The summed E-state index contributed by atoms with van der Waals surface area (Å²) >= 11 is 3.50. The minimum Gasteiger partial charge on any atom is -0.375 e. The average molecular weight is 191 g/mol. The van der Waals surface area contributed by atoms with E-state index in [0.29, 0.717) is 12.2 Å². The van der Waals surface area contributed by atoms with Gasteiger partial charge in [0.1, 0.15) is 0 Å². The first kappa shape index (κ1) is 6.17. The van der Waals surface area contributed by atoms with Crippen LogP contribution in [0.25, 0.3) is 0 Å². The monoisotopic (exact) mass is 190 g/mol. The second-order valence-corrected chi connectivity index (χ2v) is 3.67. The molecule has 0 aliphatic carbocycles. The van der Waals surface area contributed by atoms with E-state index in [1.165, 1.54) is 19.3 Å². The standard InChI is InChI=1S/C7H11BrO/c8-4-5-3-6-1-2-7(5)9-6/h5-7H,1-4H2/t5-,6-,7+/m0/s1. The fraction of sp³-hybridized carbons (Fsp3) is 1.00. The van der Waals surface area contributed by atoms with E-state index in [0.717, 1.165) is 11.2 Å². The van der Waals surface area contributed by atoms with E-state index >= 15 is 0 Å². The molecule has 2 aliphatic rings. The number of alkyl halides is 1. The summed E-state index contributed by atoms with van der Waals surface area (Å²) in [5.74, 6) is 0.823. The van der Waals surface area contributed by atoms with Crippen molar-refractivity contribution in [2.75, 3.05) is 5.33 Å². The Kier molecular flexibility index (Phi) is 1.54. The summed E-state index contributed by atoms with van der Waals surface area (Å²) in [4.78, 5) is 0. The van der Waals surface area contributed by atoms with Crippen LogP contribution in [0.5, 0.6) is 0 Å². The van der Waals surface area contributed by atoms with Crippen LogP contribution in [0.1, 0.15) is 19.3 Å². The van der Waals surface area contributed by atoms with Gasteiger partial charge in [0.2, 0.25) is 0 Å². The molecular formula is C7H11BrO. The van der Waals surface area contributed by atoms with Crippen molar-refractivity contribution in [3.8, 4) is 0 Å². The maximum absolute atomic E-state index is 5.65. The Labute approximate surface area is 63.9 Å². The smallest absolute Gasteiger partial charge is 0.0616 e. The van der Waals surface area contributed by atoms with Gasteiger partial charge in [0, 0.05) is 5.33 Å². The molecular weight excluding hydrogens is 180 g/mol. The first-order chi connectivity index (χ1) is 4.40. The quantitative estimate of drug-likeness (QED) is 0.575. The van der Waals surface area contributed by atoms with Crippen LogP contribution in [-0.4, -0.2) is 17.5 Å². The molecule has 9 heavy (non-hydrogen) atoms. The Hall–Kier alpha value is 0.440. The van der Waals surface area contributed by atoms with Gasteiger partial charge >= 0.3 is 0 Å². The van der Waals surface area contributed by atoms with Crippen molar-refractivity contribution in [3.05, 3.63) is 0 Å². The first-order valence-corrected chi connectivity index (χ1v) is 4.73. The lowest BCUT2D eigenvalue weighted by Crippen LogP contribution is -2.16. The molecule has 0 aromatic heterocycles. The number of hydrogen-bond donors (Lipinski definition) is 0. The van der Waals surface area contributed by atoms with Crippen molar-refractivity contribution >= 4 is 15.9 Å². The Balaban J connectivity index is 2.01. The fourth-order valence-electron chi connectivity index (χ4n) is 1.91. The van der Waals surface area contributed by atoms with Crippen LogP contribution in [0.4, 0.5) is 0 Å². The fourth-order valence-corrected chi connectivity index (χ4v) is 2.59. The summed E-state index contributed by atoms with van der Waals surface area (Å²) in [6, 6.07) is 0. The minimum absolute atomic E-state index is 0.606. The Morgan fingerprint density at radius 3 is 2.67 bits per heavy atom. The van der Waals surface area contributed by atoms with Gasteiger partial charge in [0.15, 0.2) is 0 Å². The molecule has 2 bridgehead atoms. The van der Waals surface area contributed by atoms with Crippen LogP contribution in [0.15, 0.2) is 0 Å². The summed E-state index contributed by atoms with van der Waals surface area (Å²) in [5.41, 5.74) is 0. The van der Waals surface area contributed by atoms with Crippen LogP contribution in [-0.2, 0) is 4.74 Å². The lowest BCUT2D eigenvalue weighted by Gasteiger charge is -2.14. The topological polar surface area (TPSA) is 9.23 Å². The van der Waals surface area contributed by atoms with Gasteiger partial charge in [0.25, 0.3) is 0 Å². The van der Waals surface area contributed by atoms with Gasteiger partial charge in [-0.05, 0) is 25.2 Å². The number of hydrogen-bond acceptors (Lipinski definition) is 1. The van der Waals surface area contributed by atoms with E-state index < -0.39 is 0 Å². The zero-order valence-corrected chi connectivity index (χ0v) is 6.93. The SMILES string of the molecule is BrC[C@@H]1C[C@@H]2CC[C@H]1O2. The largest absolute Gasteiger partial charge is 0.375 e. The molecule has 0 N–H and O–H groups in total. The molecule has 52 valence electrons. The van der Waals surface area contributed by atoms with Crippen LogP contribution < -0.4 is 0 Å². The zero-order valence-electron chi connectivity index (χ0n) is 5.35. The van der Waals surface area contributed by atoms with Gasteiger partial charge in [-0.1, -0.05) is 15.9 Å². The van der Waals surface area contributed by atoms with Gasteiger partial charge in [-0.2, -0.15) is 0 Å². The Bertz CT molecular complexity index is 115. The highest BCUT2D eigenvalue weighted by atomic mass is 79.9. The second kappa shape index (κ2) is 2.24. The molecule has 2 rings (SSSR count). The number of halogens is 1. The predicted molar refractivity (Wildman–Crippen MR) is 39.8 cm³/mol. The molecule has 2 heterocycles. The molecule has 0 saturated carbocycles. The van der Waals surface area contributed by atoms with Crippen molar-refractivity contribution < 1.29 is 4.74 Å². The third kappa shape index (κ3) is 0.926. The number of ether oxygens (including phenoxy) is 1. The normalized spacial score (nSPS) is 48.3. The lowest BCUT2D eigenvalue weighted by molar-refractivity contribution is 0.0956. The molecule has 0 aromatic rings. The Morgan fingerprint density at radius 1 is 1.44 bits per heavy atom. The molecule has 0 spiro atoms. The number of rotatable bonds is 1. The van der Waals surface area contributed by atoms with Crippen LogP contribution in [0.2, 0.25) is 0 Å². The summed E-state index contributed by atoms with van der Waals surface area (Å²) < 4.78 is 5.65. The van der Waals surface area contributed by atoms with Gasteiger partial charge < -0.3 is 4.74 Å². The van der Waals surface area contributed by atoms with E-state index in [9.17, 15) is 0 Å². The van der Waals surface area contributed by atoms with Crippen molar-refractivity contribution in [1.82, 2.24) is 0 Å². The highest BCUT2D eigenvalue weighted by Crippen LogP contribution is 2.39. The van der Waals surface area contributed by atoms with Crippen molar-refractivity contribution in [2.24, 2.45) is 5.92 Å². The van der Waals surface area contributed by atoms with Crippen LogP contribution in [0.3, 0.4) is 0 Å². The highest BCUT2D eigenvalue weighted by Gasteiger charge is 2.39. The first-order valence-electron chi connectivity index (χ1n) is 3.61. The van der Waals surface area contributed by atoms with E-state index in [2.05, 4.69) is 15.9 Å². The molecule has 2 aliphatic heterocycles. The van der Waals surface area contributed by atoms with Crippen LogP contribution >= 0.6 is 15.9 Å². The summed E-state index contributed by atoms with van der Waals surface area (Å²) in [6.07, 6.45) is 5.15. The lowest BCUT2D eigenvalue weighted by atomic mass is 9.91. The van der Waals surface area contributed by atoms with E-state index in [1.54, 1.807) is 0 Å². The maximum atomic E-state index is 5.65. The molecule has 0 aromatic carbocycles. The Morgan fingerprint density at radius 2 is 2.33 bits per heavy atom. The third-order valence-electron chi connectivity index (χ3n) is 2.43. The van der Waals surface area contributed by atoms with Gasteiger partial charge in [-0.15, -0.1) is 0 Å². The summed E-state index contributed by atoms with van der Waals surface area (Å²) in [6.45, 7) is 0. The molecule has 2 saturated heterocycles. The minimum atomic E-state index is 0.606. The predicted octanol–water partition coefficient (Wildman–Crippen LogP) is 1.95. The average Bonchev–Trinajstić information content (AvgIpc) is 2.45. The second-order valence-electron chi connectivity index (χ2n) is 3.02. The van der Waals surface area contributed by atoms with E-state index in [4.69, 9.17) is 4.74 Å². The molecule has 0 radical (unpaired) electrons. The molecule has 0 amide bonds. The third-order valence-corrected chi connectivity index (χ3v) is 3.26. The summed E-state index contributed by atoms with van der Waals surface area (Å²) in [5, 5.41) is 1.13. The number of fused-ring (bicyclic) bond motifs is 2. The molecule has 3 atom stereocenters. The van der Waals surface area contributed by atoms with Crippen molar-refractivity contribution in [3.63, 3.8) is 0 Å². The molecule has 2 fully saturated rings.